The number of ether oxygens (including phenoxy) is 1. The molecular formula is C18H26F3IN6O. The number of aliphatic imine (C=N–C) groups is 1. The van der Waals surface area contributed by atoms with E-state index in [-0.39, 0.29) is 37.1 Å². The molecule has 0 saturated heterocycles. The van der Waals surface area contributed by atoms with Crippen molar-refractivity contribution < 1.29 is 17.9 Å². The second-order valence-electron chi connectivity index (χ2n) is 6.20. The van der Waals surface area contributed by atoms with Gasteiger partial charge in [-0.25, -0.2) is 4.99 Å². The van der Waals surface area contributed by atoms with E-state index in [1.807, 2.05) is 38.2 Å². The highest BCUT2D eigenvalue weighted by Gasteiger charge is 2.26. The molecule has 0 spiro atoms. The van der Waals surface area contributed by atoms with E-state index >= 15 is 0 Å². The highest BCUT2D eigenvalue weighted by molar-refractivity contribution is 14.0. The monoisotopic (exact) mass is 526 g/mol. The molecule has 0 bridgehead atoms. The molecule has 0 aliphatic carbocycles. The fourth-order valence-corrected chi connectivity index (χ4v) is 2.35. The summed E-state index contributed by atoms with van der Waals surface area (Å²) in [6.45, 7) is 2.29. The second-order valence-corrected chi connectivity index (χ2v) is 6.20. The molecule has 0 aliphatic rings. The molecule has 2 N–H and O–H groups in total. The van der Waals surface area contributed by atoms with E-state index < -0.39 is 12.6 Å². The molecule has 1 aromatic heterocycles. The predicted octanol–water partition coefficient (Wildman–Crippen LogP) is 2.98. The highest BCUT2D eigenvalue weighted by Crippen LogP contribution is 2.18. The van der Waals surface area contributed by atoms with Gasteiger partial charge in [-0.2, -0.15) is 13.2 Å². The summed E-state index contributed by atoms with van der Waals surface area (Å²) >= 11 is 0. The Hall–Kier alpha value is -2.05. The van der Waals surface area contributed by atoms with Crippen LogP contribution in [0.1, 0.15) is 23.6 Å². The molecule has 1 aromatic carbocycles. The fraction of sp³-hybridized carbons (Fsp3) is 0.500. The number of hydrogen-bond donors (Lipinski definition) is 2. The lowest BCUT2D eigenvalue weighted by Crippen LogP contribution is -2.40. The Morgan fingerprint density at radius 1 is 1.14 bits per heavy atom. The van der Waals surface area contributed by atoms with Crippen molar-refractivity contribution in [3.05, 3.63) is 41.5 Å². The minimum Gasteiger partial charge on any atom is -0.497 e. The summed E-state index contributed by atoms with van der Waals surface area (Å²) in [5.74, 6) is 2.44. The lowest BCUT2D eigenvalue weighted by atomic mass is 10.1. The van der Waals surface area contributed by atoms with Crippen molar-refractivity contribution in [3.63, 3.8) is 0 Å². The van der Waals surface area contributed by atoms with Crippen molar-refractivity contribution in [2.45, 2.75) is 32.5 Å². The number of methoxy groups -OCH3 is 1. The van der Waals surface area contributed by atoms with E-state index in [1.54, 1.807) is 11.7 Å². The summed E-state index contributed by atoms with van der Waals surface area (Å²) in [4.78, 5) is 4.33. The van der Waals surface area contributed by atoms with E-state index in [4.69, 9.17) is 4.74 Å². The maximum Gasteiger partial charge on any atom is 0.390 e. The average Bonchev–Trinajstić information content (AvgIpc) is 2.97. The molecule has 162 valence electrons. The summed E-state index contributed by atoms with van der Waals surface area (Å²) in [5.41, 5.74) is 1.08. The number of halogens is 4. The van der Waals surface area contributed by atoms with E-state index in [1.165, 1.54) is 0 Å². The summed E-state index contributed by atoms with van der Waals surface area (Å²) < 4.78 is 44.2. The van der Waals surface area contributed by atoms with Gasteiger partial charge in [0.05, 0.1) is 13.5 Å². The van der Waals surface area contributed by atoms with Crippen LogP contribution in [-0.4, -0.2) is 47.1 Å². The van der Waals surface area contributed by atoms with E-state index in [9.17, 15) is 13.2 Å². The summed E-state index contributed by atoms with van der Waals surface area (Å²) in [5, 5.41) is 13.7. The molecule has 0 atom stereocenters. The van der Waals surface area contributed by atoms with Crippen LogP contribution in [0, 0.1) is 6.92 Å². The van der Waals surface area contributed by atoms with E-state index in [0.29, 0.717) is 24.7 Å². The summed E-state index contributed by atoms with van der Waals surface area (Å²) in [6, 6.07) is 7.61. The predicted molar refractivity (Wildman–Crippen MR) is 116 cm³/mol. The molecule has 0 unspecified atom stereocenters. The van der Waals surface area contributed by atoms with Gasteiger partial charge in [0.25, 0.3) is 0 Å². The molecule has 2 rings (SSSR count). The number of nitrogens with zero attached hydrogens (tertiary/aromatic N) is 4. The molecule has 0 amide bonds. The first-order valence-corrected chi connectivity index (χ1v) is 8.85. The lowest BCUT2D eigenvalue weighted by Gasteiger charge is -2.14. The first kappa shape index (κ1) is 25.0. The topological polar surface area (TPSA) is 76.4 Å². The van der Waals surface area contributed by atoms with Crippen molar-refractivity contribution in [3.8, 4) is 5.75 Å². The third-order valence-corrected chi connectivity index (χ3v) is 4.13. The minimum absolute atomic E-state index is 0. The van der Waals surface area contributed by atoms with Crippen LogP contribution in [0.5, 0.6) is 5.75 Å². The Labute approximate surface area is 185 Å². The first-order chi connectivity index (χ1) is 13.3. The zero-order valence-electron chi connectivity index (χ0n) is 16.6. The van der Waals surface area contributed by atoms with Gasteiger partial charge in [-0.05, 0) is 31.0 Å². The van der Waals surface area contributed by atoms with E-state index in [0.717, 1.165) is 17.1 Å². The molecule has 1 heterocycles. The van der Waals surface area contributed by atoms with Crippen molar-refractivity contribution in [1.29, 1.82) is 0 Å². The van der Waals surface area contributed by atoms with Crippen LogP contribution in [0.15, 0.2) is 29.3 Å². The van der Waals surface area contributed by atoms with Gasteiger partial charge in [0, 0.05) is 20.1 Å². The third kappa shape index (κ3) is 8.88. The van der Waals surface area contributed by atoms with Crippen molar-refractivity contribution >= 4 is 29.9 Å². The molecule has 7 nitrogen and oxygen atoms in total. The van der Waals surface area contributed by atoms with Gasteiger partial charge in [0.15, 0.2) is 11.8 Å². The number of alkyl halides is 3. The fourth-order valence-electron chi connectivity index (χ4n) is 2.35. The summed E-state index contributed by atoms with van der Waals surface area (Å²) in [6.07, 6.45) is -4.47. The van der Waals surface area contributed by atoms with Crippen molar-refractivity contribution in [2.75, 3.05) is 20.2 Å². The lowest BCUT2D eigenvalue weighted by molar-refractivity contribution is -0.132. The largest absolute Gasteiger partial charge is 0.497 e. The zero-order chi connectivity index (χ0) is 20.6. The van der Waals surface area contributed by atoms with Crippen LogP contribution in [0.3, 0.4) is 0 Å². The molecule has 29 heavy (non-hydrogen) atoms. The molecule has 11 heteroatoms. The van der Waals surface area contributed by atoms with Crippen LogP contribution in [-0.2, 0) is 20.0 Å². The van der Waals surface area contributed by atoms with Gasteiger partial charge < -0.3 is 19.9 Å². The number of guanidine groups is 1. The van der Waals surface area contributed by atoms with Crippen LogP contribution in [0.4, 0.5) is 13.2 Å². The SMILES string of the molecule is COc1ccc(CCNC(=NCc2nnc(C)n2C)NCCC(F)(F)F)cc1.I. The van der Waals surface area contributed by atoms with E-state index in [2.05, 4.69) is 25.8 Å². The van der Waals surface area contributed by atoms with Gasteiger partial charge in [-0.15, -0.1) is 34.2 Å². The Kier molecular flexibility index (Phi) is 10.2. The van der Waals surface area contributed by atoms with Gasteiger partial charge >= 0.3 is 6.18 Å². The Morgan fingerprint density at radius 3 is 2.34 bits per heavy atom. The van der Waals surface area contributed by atoms with Gasteiger partial charge in [-0.1, -0.05) is 12.1 Å². The van der Waals surface area contributed by atoms with Crippen LogP contribution in [0.25, 0.3) is 0 Å². The highest BCUT2D eigenvalue weighted by atomic mass is 127. The number of benzene rings is 1. The minimum atomic E-state index is -4.22. The number of aryl methyl sites for hydroxylation is 1. The normalized spacial score (nSPS) is 11.7. The summed E-state index contributed by atoms with van der Waals surface area (Å²) in [7, 11) is 3.42. The van der Waals surface area contributed by atoms with Gasteiger partial charge in [-0.3, -0.25) is 0 Å². The molecule has 2 aromatic rings. The van der Waals surface area contributed by atoms with Crippen LogP contribution < -0.4 is 15.4 Å². The quantitative estimate of drug-likeness (QED) is 0.315. The maximum absolute atomic E-state index is 12.4. The standard InChI is InChI=1S/C18H25F3N6O.HI/c1-13-25-26-16(27(13)2)12-24-17(23-11-9-18(19,20)21)22-10-8-14-4-6-15(28-3)7-5-14;/h4-7H,8-12H2,1-3H3,(H2,22,23,24);1H. The maximum atomic E-state index is 12.4. The molecule has 0 fully saturated rings. The Morgan fingerprint density at radius 2 is 1.79 bits per heavy atom. The first-order valence-electron chi connectivity index (χ1n) is 8.85. The van der Waals surface area contributed by atoms with Gasteiger partial charge in [0.2, 0.25) is 0 Å². The molecule has 0 aliphatic heterocycles. The number of hydrogen-bond acceptors (Lipinski definition) is 4. The third-order valence-electron chi connectivity index (χ3n) is 4.13. The zero-order valence-corrected chi connectivity index (χ0v) is 18.9. The second kappa shape index (κ2) is 11.8. The number of aromatic nitrogens is 3. The van der Waals surface area contributed by atoms with Crippen molar-refractivity contribution in [2.24, 2.45) is 12.0 Å². The van der Waals surface area contributed by atoms with Gasteiger partial charge in [0.1, 0.15) is 18.1 Å². The number of rotatable bonds is 8. The smallest absolute Gasteiger partial charge is 0.390 e. The van der Waals surface area contributed by atoms with Crippen molar-refractivity contribution in [1.82, 2.24) is 25.4 Å². The average molecular weight is 526 g/mol. The Balaban J connectivity index is 0.00000420. The number of nitrogens with one attached hydrogen (secondary N) is 2. The molecule has 0 radical (unpaired) electrons. The van der Waals surface area contributed by atoms with Crippen LogP contribution >= 0.6 is 24.0 Å². The Bertz CT molecular complexity index is 777. The molecular weight excluding hydrogens is 500 g/mol. The molecule has 0 saturated carbocycles. The van der Waals surface area contributed by atoms with Crippen LogP contribution in [0.2, 0.25) is 0 Å².